The van der Waals surface area contributed by atoms with Gasteiger partial charge in [0.1, 0.15) is 0 Å². The van der Waals surface area contributed by atoms with E-state index in [0.717, 1.165) is 37.2 Å². The van der Waals surface area contributed by atoms with E-state index in [2.05, 4.69) is 40.8 Å². The molecule has 0 bridgehead atoms. The van der Waals surface area contributed by atoms with Gasteiger partial charge in [-0.05, 0) is 55.9 Å². The van der Waals surface area contributed by atoms with Crippen LogP contribution in [-0.4, -0.2) is 35.4 Å². The van der Waals surface area contributed by atoms with Gasteiger partial charge in [-0.2, -0.15) is 5.10 Å². The van der Waals surface area contributed by atoms with Crippen molar-refractivity contribution in [3.05, 3.63) is 18.0 Å². The molecule has 5 nitrogen and oxygen atoms in total. The Labute approximate surface area is 141 Å². The van der Waals surface area contributed by atoms with E-state index >= 15 is 0 Å². The number of hydrogen-bond acceptors (Lipinski definition) is 2. The largest absolute Gasteiger partial charge is 0.356 e. The number of aryl methyl sites for hydroxylation is 2. The Kier molecular flexibility index (Phi) is 6.93. The summed E-state index contributed by atoms with van der Waals surface area (Å²) >= 11 is 0. The summed E-state index contributed by atoms with van der Waals surface area (Å²) in [5, 5.41) is 11.2. The van der Waals surface area contributed by atoms with Crippen molar-refractivity contribution in [2.24, 2.45) is 23.9 Å². The molecule has 23 heavy (non-hydrogen) atoms. The Morgan fingerprint density at radius 1 is 1.35 bits per heavy atom. The zero-order valence-corrected chi connectivity index (χ0v) is 15.2. The van der Waals surface area contributed by atoms with Gasteiger partial charge in [0, 0.05) is 32.9 Å². The molecule has 0 saturated heterocycles. The molecule has 2 rings (SSSR count). The fourth-order valence-corrected chi connectivity index (χ4v) is 3.42. The summed E-state index contributed by atoms with van der Waals surface area (Å²) in [6.45, 7) is 5.64. The van der Waals surface area contributed by atoms with Gasteiger partial charge in [0.15, 0.2) is 5.96 Å². The Morgan fingerprint density at radius 3 is 2.65 bits per heavy atom. The highest BCUT2D eigenvalue weighted by Crippen LogP contribution is 2.29. The fraction of sp³-hybridized carbons (Fsp3) is 0.778. The van der Waals surface area contributed by atoms with E-state index in [4.69, 9.17) is 0 Å². The Bertz CT molecular complexity index is 483. The maximum absolute atomic E-state index is 4.36. The molecule has 1 aromatic rings. The third kappa shape index (κ3) is 5.88. The number of hydrogen-bond donors (Lipinski definition) is 2. The number of nitrogens with zero attached hydrogens (tertiary/aromatic N) is 3. The van der Waals surface area contributed by atoms with Crippen molar-refractivity contribution < 1.29 is 0 Å². The van der Waals surface area contributed by atoms with Gasteiger partial charge in [-0.1, -0.05) is 13.8 Å². The molecule has 0 radical (unpaired) electrons. The summed E-state index contributed by atoms with van der Waals surface area (Å²) < 4.78 is 1.86. The number of rotatable bonds is 6. The standard InChI is InChI=1S/C18H33N5/c1-14(2)16-7-9-17(10-8-16)22-18(19-3)20-11-5-6-15-12-21-23(4)13-15/h12-14,16-17H,5-11H2,1-4H3,(H2,19,20,22). The van der Waals surface area contributed by atoms with Crippen molar-refractivity contribution >= 4 is 5.96 Å². The first-order valence-electron chi connectivity index (χ1n) is 9.03. The van der Waals surface area contributed by atoms with Gasteiger partial charge in [0.05, 0.1) is 6.20 Å². The average Bonchev–Trinajstić information content (AvgIpc) is 2.96. The summed E-state index contributed by atoms with van der Waals surface area (Å²) in [7, 11) is 3.82. The quantitative estimate of drug-likeness (QED) is 0.481. The summed E-state index contributed by atoms with van der Waals surface area (Å²) in [5.74, 6) is 2.67. The predicted molar refractivity (Wildman–Crippen MR) is 96.6 cm³/mol. The van der Waals surface area contributed by atoms with E-state index in [0.29, 0.717) is 6.04 Å². The van der Waals surface area contributed by atoms with E-state index in [1.54, 1.807) is 0 Å². The predicted octanol–water partition coefficient (Wildman–Crippen LogP) is 2.73. The minimum absolute atomic E-state index is 0.578. The summed E-state index contributed by atoms with van der Waals surface area (Å²) in [5.41, 5.74) is 1.30. The topological polar surface area (TPSA) is 54.2 Å². The molecule has 1 aliphatic rings. The molecule has 0 unspecified atom stereocenters. The number of nitrogens with one attached hydrogen (secondary N) is 2. The van der Waals surface area contributed by atoms with Crippen LogP contribution in [-0.2, 0) is 13.5 Å². The fourth-order valence-electron chi connectivity index (χ4n) is 3.42. The van der Waals surface area contributed by atoms with Gasteiger partial charge >= 0.3 is 0 Å². The third-order valence-corrected chi connectivity index (χ3v) is 4.97. The van der Waals surface area contributed by atoms with Crippen LogP contribution >= 0.6 is 0 Å². The lowest BCUT2D eigenvalue weighted by atomic mass is 9.80. The minimum Gasteiger partial charge on any atom is -0.356 e. The van der Waals surface area contributed by atoms with Crippen molar-refractivity contribution in [3.63, 3.8) is 0 Å². The lowest BCUT2D eigenvalue weighted by molar-refractivity contribution is 0.250. The van der Waals surface area contributed by atoms with Gasteiger partial charge in [-0.3, -0.25) is 9.67 Å². The second kappa shape index (κ2) is 8.94. The SMILES string of the molecule is CN=C(NCCCc1cnn(C)c1)NC1CCC(C(C)C)CC1. The zero-order chi connectivity index (χ0) is 16.7. The smallest absolute Gasteiger partial charge is 0.191 e. The van der Waals surface area contributed by atoms with Crippen LogP contribution in [0.1, 0.15) is 51.5 Å². The summed E-state index contributed by atoms with van der Waals surface area (Å²) in [4.78, 5) is 4.36. The van der Waals surface area contributed by atoms with Crippen molar-refractivity contribution in [2.45, 2.75) is 58.4 Å². The zero-order valence-electron chi connectivity index (χ0n) is 15.2. The first-order valence-corrected chi connectivity index (χ1v) is 9.03. The molecule has 5 heteroatoms. The highest BCUT2D eigenvalue weighted by Gasteiger charge is 2.23. The molecule has 1 saturated carbocycles. The minimum atomic E-state index is 0.578. The van der Waals surface area contributed by atoms with E-state index in [-0.39, 0.29) is 0 Å². The lowest BCUT2D eigenvalue weighted by Crippen LogP contribution is -2.45. The van der Waals surface area contributed by atoms with Crippen LogP contribution in [0.25, 0.3) is 0 Å². The van der Waals surface area contributed by atoms with E-state index < -0.39 is 0 Å². The van der Waals surface area contributed by atoms with Crippen molar-refractivity contribution in [2.75, 3.05) is 13.6 Å². The second-order valence-electron chi connectivity index (χ2n) is 7.12. The molecule has 1 fully saturated rings. The molecule has 0 amide bonds. The van der Waals surface area contributed by atoms with Gasteiger partial charge in [0.2, 0.25) is 0 Å². The first kappa shape index (κ1) is 17.8. The van der Waals surface area contributed by atoms with Crippen molar-refractivity contribution in [3.8, 4) is 0 Å². The Morgan fingerprint density at radius 2 is 2.09 bits per heavy atom. The molecule has 130 valence electrons. The molecule has 0 atom stereocenters. The number of guanidine groups is 1. The Hall–Kier alpha value is -1.52. The highest BCUT2D eigenvalue weighted by molar-refractivity contribution is 5.79. The van der Waals surface area contributed by atoms with Crippen LogP contribution in [0.3, 0.4) is 0 Å². The number of aliphatic imine (C=N–C) groups is 1. The maximum Gasteiger partial charge on any atom is 0.191 e. The van der Waals surface area contributed by atoms with Gasteiger partial charge in [-0.15, -0.1) is 0 Å². The third-order valence-electron chi connectivity index (χ3n) is 4.97. The van der Waals surface area contributed by atoms with Crippen LogP contribution in [0.15, 0.2) is 17.4 Å². The molecular weight excluding hydrogens is 286 g/mol. The van der Waals surface area contributed by atoms with E-state index in [1.807, 2.05) is 25.0 Å². The second-order valence-corrected chi connectivity index (χ2v) is 7.12. The van der Waals surface area contributed by atoms with E-state index in [1.165, 1.54) is 31.2 Å². The molecule has 0 aliphatic heterocycles. The average molecular weight is 319 g/mol. The van der Waals surface area contributed by atoms with Gasteiger partial charge in [0.25, 0.3) is 0 Å². The highest BCUT2D eigenvalue weighted by atomic mass is 15.2. The summed E-state index contributed by atoms with van der Waals surface area (Å²) in [6.07, 6.45) is 11.4. The lowest BCUT2D eigenvalue weighted by Gasteiger charge is -2.32. The molecule has 1 aromatic heterocycles. The molecular formula is C18H33N5. The van der Waals surface area contributed by atoms with Crippen LogP contribution in [0, 0.1) is 11.8 Å². The van der Waals surface area contributed by atoms with E-state index in [9.17, 15) is 0 Å². The van der Waals surface area contributed by atoms with Crippen LogP contribution < -0.4 is 10.6 Å². The van der Waals surface area contributed by atoms with Gasteiger partial charge in [-0.25, -0.2) is 0 Å². The molecule has 0 spiro atoms. The number of aromatic nitrogens is 2. The molecule has 1 heterocycles. The molecule has 1 aliphatic carbocycles. The Balaban J connectivity index is 1.64. The van der Waals surface area contributed by atoms with Crippen molar-refractivity contribution in [1.29, 1.82) is 0 Å². The van der Waals surface area contributed by atoms with Gasteiger partial charge < -0.3 is 10.6 Å². The normalized spacial score (nSPS) is 22.4. The molecule has 0 aromatic carbocycles. The maximum atomic E-state index is 4.36. The van der Waals surface area contributed by atoms with Crippen LogP contribution in [0.5, 0.6) is 0 Å². The monoisotopic (exact) mass is 319 g/mol. The van der Waals surface area contributed by atoms with Crippen LogP contribution in [0.2, 0.25) is 0 Å². The molecule has 2 N–H and O–H groups in total. The van der Waals surface area contributed by atoms with Crippen LogP contribution in [0.4, 0.5) is 0 Å². The summed E-state index contributed by atoms with van der Waals surface area (Å²) in [6, 6.07) is 0.578. The van der Waals surface area contributed by atoms with Crippen molar-refractivity contribution in [1.82, 2.24) is 20.4 Å². The first-order chi connectivity index (χ1) is 11.1.